The first kappa shape index (κ1) is 27.9. The Labute approximate surface area is 197 Å². The fourth-order valence-electron chi connectivity index (χ4n) is 3.06. The molecule has 0 aromatic carbocycles. The van der Waals surface area contributed by atoms with Crippen LogP contribution in [0.5, 0.6) is 0 Å². The van der Waals surface area contributed by atoms with Gasteiger partial charge in [-0.15, -0.1) is 0 Å². The Kier molecular flexibility index (Phi) is 7.61. The quantitative estimate of drug-likeness (QED) is 0.436. The van der Waals surface area contributed by atoms with Gasteiger partial charge in [0.25, 0.3) is 5.56 Å². The normalized spacial score (nSPS) is 27.1. The molecule has 0 unspecified atom stereocenters. The minimum atomic E-state index is -2.52. The van der Waals surface area contributed by atoms with Crippen molar-refractivity contribution < 1.29 is 23.5 Å². The highest BCUT2D eigenvalue weighted by Crippen LogP contribution is 2.45. The van der Waals surface area contributed by atoms with Gasteiger partial charge in [0.1, 0.15) is 12.2 Å². The molecule has 188 valence electrons. The van der Waals surface area contributed by atoms with E-state index in [9.17, 15) is 19.5 Å². The summed E-state index contributed by atoms with van der Waals surface area (Å²) < 4.78 is 20.0. The van der Waals surface area contributed by atoms with Crippen LogP contribution in [0.15, 0.2) is 21.9 Å². The van der Waals surface area contributed by atoms with Gasteiger partial charge >= 0.3 is 5.69 Å². The Morgan fingerprint density at radius 2 is 1.67 bits per heavy atom. The fraction of sp³-hybridized carbons (Fsp3) is 0.773. The third kappa shape index (κ3) is 5.49. The van der Waals surface area contributed by atoms with Gasteiger partial charge in [-0.3, -0.25) is 19.1 Å². The number of aliphatic hydroxyl groups is 1. The molecule has 2 heterocycles. The number of aldehydes is 1. The van der Waals surface area contributed by atoms with Gasteiger partial charge < -0.3 is 18.7 Å². The van der Waals surface area contributed by atoms with Crippen molar-refractivity contribution in [2.75, 3.05) is 6.61 Å². The van der Waals surface area contributed by atoms with E-state index >= 15 is 0 Å². The summed E-state index contributed by atoms with van der Waals surface area (Å²) in [6.45, 7) is 20.5. The van der Waals surface area contributed by atoms with Gasteiger partial charge in [0.15, 0.2) is 34.7 Å². The summed E-state index contributed by atoms with van der Waals surface area (Å²) in [6.07, 6.45) is -1.61. The van der Waals surface area contributed by atoms with Crippen molar-refractivity contribution in [3.63, 3.8) is 0 Å². The summed E-state index contributed by atoms with van der Waals surface area (Å²) in [7, 11) is -4.74. The largest absolute Gasteiger partial charge is 0.414 e. The summed E-state index contributed by atoms with van der Waals surface area (Å²) in [5.74, 6) is 0. The van der Waals surface area contributed by atoms with E-state index in [2.05, 4.69) is 38.8 Å². The zero-order chi connectivity index (χ0) is 25.6. The molecule has 1 aliphatic heterocycles. The number of nitrogens with zero attached hydrogens (tertiary/aromatic N) is 1. The van der Waals surface area contributed by atoms with Crippen LogP contribution < -0.4 is 11.2 Å². The molecule has 9 nitrogen and oxygen atoms in total. The van der Waals surface area contributed by atoms with Crippen molar-refractivity contribution in [1.82, 2.24) is 9.55 Å². The molecule has 1 fully saturated rings. The van der Waals surface area contributed by atoms with Crippen LogP contribution in [-0.2, 0) is 18.4 Å². The van der Waals surface area contributed by atoms with E-state index in [1.807, 2.05) is 33.9 Å². The van der Waals surface area contributed by atoms with Crippen LogP contribution in [0.25, 0.3) is 0 Å². The fourth-order valence-corrected chi connectivity index (χ4v) is 5.36. The van der Waals surface area contributed by atoms with Crippen molar-refractivity contribution in [2.24, 2.45) is 0 Å². The van der Waals surface area contributed by atoms with Crippen LogP contribution in [0.2, 0.25) is 36.3 Å². The number of hydrogen-bond acceptors (Lipinski definition) is 7. The molecular formula is C22H40N2O7Si2. The molecule has 1 aromatic heterocycles. The maximum Gasteiger partial charge on any atom is 0.330 e. The molecule has 1 saturated heterocycles. The molecule has 1 aromatic rings. The highest BCUT2D eigenvalue weighted by Gasteiger charge is 2.60. The van der Waals surface area contributed by atoms with Crippen molar-refractivity contribution in [2.45, 2.75) is 102 Å². The molecule has 4 atom stereocenters. The third-order valence-electron chi connectivity index (χ3n) is 7.48. The summed E-state index contributed by atoms with van der Waals surface area (Å²) in [6, 6.07) is 1.19. The smallest absolute Gasteiger partial charge is 0.330 e. The highest BCUT2D eigenvalue weighted by atomic mass is 28.4. The van der Waals surface area contributed by atoms with Gasteiger partial charge in [-0.05, 0) is 36.3 Å². The van der Waals surface area contributed by atoms with Crippen LogP contribution in [0.1, 0.15) is 47.8 Å². The minimum absolute atomic E-state index is 0.0301. The summed E-state index contributed by atoms with van der Waals surface area (Å²) >= 11 is 0. The number of ether oxygens (including phenoxy) is 1. The second-order valence-electron chi connectivity index (χ2n) is 11.9. The SMILES string of the molecule is CC(C)(C)[Si](C)(C)OC[C@H]1O[C@@H](n2ccc(=O)[nH]c2=O)[C@H](O[Si](C)(C)C(C)(C)C)[C@@]1(O)C=O. The first-order valence-electron chi connectivity index (χ1n) is 11.2. The first-order chi connectivity index (χ1) is 14.8. The number of nitrogens with one attached hydrogen (secondary N) is 1. The van der Waals surface area contributed by atoms with Gasteiger partial charge in [-0.25, -0.2) is 4.79 Å². The lowest BCUT2D eigenvalue weighted by Gasteiger charge is -2.42. The van der Waals surface area contributed by atoms with Crippen molar-refractivity contribution in [1.29, 1.82) is 0 Å². The summed E-state index contributed by atoms with van der Waals surface area (Å²) in [4.78, 5) is 38.7. The molecule has 0 radical (unpaired) electrons. The maximum atomic E-state index is 12.6. The Hall–Kier alpha value is -1.38. The third-order valence-corrected chi connectivity index (χ3v) is 16.4. The van der Waals surface area contributed by atoms with Gasteiger partial charge in [0.2, 0.25) is 0 Å². The van der Waals surface area contributed by atoms with Crippen molar-refractivity contribution in [3.8, 4) is 0 Å². The van der Waals surface area contributed by atoms with Gasteiger partial charge in [0.05, 0.1) is 6.61 Å². The number of rotatable bonds is 7. The minimum Gasteiger partial charge on any atom is -0.414 e. The molecule has 33 heavy (non-hydrogen) atoms. The maximum absolute atomic E-state index is 12.6. The lowest BCUT2D eigenvalue weighted by molar-refractivity contribution is -0.139. The molecule has 0 amide bonds. The van der Waals surface area contributed by atoms with Crippen LogP contribution in [-0.4, -0.2) is 62.0 Å². The van der Waals surface area contributed by atoms with E-state index in [0.29, 0.717) is 6.29 Å². The Morgan fingerprint density at radius 3 is 2.12 bits per heavy atom. The molecule has 0 spiro atoms. The number of hydrogen-bond donors (Lipinski definition) is 2. The standard InChI is InChI=1S/C22H40N2O7Si2/c1-20(2,3)32(7,8)29-13-15-22(28,14-25)17(31-33(9,10)21(4,5)6)18(30-15)24-12-11-16(26)23-19(24)27/h11-12,14-15,17-18,28H,13H2,1-10H3,(H,23,26,27)/t15-,17+,18-,22-/m1/s1. The summed E-state index contributed by atoms with van der Waals surface area (Å²) in [5.41, 5.74) is -3.31. The van der Waals surface area contributed by atoms with Gasteiger partial charge in [-0.2, -0.15) is 0 Å². The second kappa shape index (κ2) is 9.01. The number of carbonyl (C=O) groups excluding carboxylic acids is 1. The van der Waals surface area contributed by atoms with E-state index in [1.54, 1.807) is 0 Å². The van der Waals surface area contributed by atoms with E-state index in [1.165, 1.54) is 12.3 Å². The Bertz CT molecular complexity index is 974. The molecule has 0 aliphatic carbocycles. The molecular weight excluding hydrogens is 460 g/mol. The van der Waals surface area contributed by atoms with Gasteiger partial charge in [0, 0.05) is 12.3 Å². The van der Waals surface area contributed by atoms with Gasteiger partial charge in [-0.1, -0.05) is 41.5 Å². The van der Waals surface area contributed by atoms with Crippen LogP contribution in [0, 0.1) is 0 Å². The predicted molar refractivity (Wildman–Crippen MR) is 131 cm³/mol. The lowest BCUT2D eigenvalue weighted by atomic mass is 9.94. The van der Waals surface area contributed by atoms with E-state index < -0.39 is 51.9 Å². The molecule has 1 aliphatic rings. The Morgan fingerprint density at radius 1 is 1.12 bits per heavy atom. The van der Waals surface area contributed by atoms with Crippen LogP contribution in [0.4, 0.5) is 0 Å². The second-order valence-corrected chi connectivity index (χ2v) is 21.5. The molecule has 2 rings (SSSR count). The number of H-pyrrole nitrogens is 1. The lowest BCUT2D eigenvalue weighted by Crippen LogP contribution is -2.57. The number of aromatic nitrogens is 2. The van der Waals surface area contributed by atoms with E-state index in [0.717, 1.165) is 4.57 Å². The zero-order valence-electron chi connectivity index (χ0n) is 21.5. The van der Waals surface area contributed by atoms with E-state index in [4.69, 9.17) is 13.6 Å². The zero-order valence-corrected chi connectivity index (χ0v) is 23.5. The molecule has 2 N–H and O–H groups in total. The molecule has 0 bridgehead atoms. The highest BCUT2D eigenvalue weighted by molar-refractivity contribution is 6.74. The average molecular weight is 501 g/mol. The van der Waals surface area contributed by atoms with E-state index in [-0.39, 0.29) is 16.7 Å². The average Bonchev–Trinajstić information content (AvgIpc) is 2.90. The van der Waals surface area contributed by atoms with Crippen LogP contribution >= 0.6 is 0 Å². The van der Waals surface area contributed by atoms with Crippen molar-refractivity contribution in [3.05, 3.63) is 33.1 Å². The number of aromatic amines is 1. The molecule has 11 heteroatoms. The van der Waals surface area contributed by atoms with Crippen molar-refractivity contribution >= 4 is 22.9 Å². The monoisotopic (exact) mass is 500 g/mol. The summed E-state index contributed by atoms with van der Waals surface area (Å²) in [5, 5.41) is 11.3. The first-order valence-corrected chi connectivity index (χ1v) is 17.1. The number of carbonyl (C=O) groups is 1. The predicted octanol–water partition coefficient (Wildman–Crippen LogP) is 2.78. The topological polar surface area (TPSA) is 120 Å². The molecule has 0 saturated carbocycles. The Balaban J connectivity index is 2.54. The van der Waals surface area contributed by atoms with Crippen LogP contribution in [0.3, 0.4) is 0 Å².